The van der Waals surface area contributed by atoms with Gasteiger partial charge in [0.05, 0.1) is 39.0 Å². The van der Waals surface area contributed by atoms with E-state index < -0.39 is 0 Å². The SMILES string of the molecule is CC(C)n1ncc2c(C(=O)Nc3ccccc3C(=O)NC3CC3)cc(-c3cccs3)nc21. The molecule has 0 bridgehead atoms. The average molecular weight is 446 g/mol. The van der Waals surface area contributed by atoms with Crippen LogP contribution in [0, 0.1) is 0 Å². The van der Waals surface area contributed by atoms with Crippen LogP contribution >= 0.6 is 11.3 Å². The number of pyridine rings is 1. The summed E-state index contributed by atoms with van der Waals surface area (Å²) < 4.78 is 1.82. The molecule has 0 unspecified atom stereocenters. The van der Waals surface area contributed by atoms with E-state index in [1.165, 1.54) is 0 Å². The van der Waals surface area contributed by atoms with E-state index in [9.17, 15) is 9.59 Å². The number of amides is 2. The van der Waals surface area contributed by atoms with Crippen LogP contribution in [0.25, 0.3) is 21.6 Å². The van der Waals surface area contributed by atoms with Gasteiger partial charge in [0.2, 0.25) is 0 Å². The van der Waals surface area contributed by atoms with E-state index >= 15 is 0 Å². The van der Waals surface area contributed by atoms with Crippen molar-refractivity contribution in [1.82, 2.24) is 20.1 Å². The number of carbonyl (C=O) groups is 2. The van der Waals surface area contributed by atoms with Gasteiger partial charge in [0.1, 0.15) is 0 Å². The maximum Gasteiger partial charge on any atom is 0.256 e. The van der Waals surface area contributed by atoms with E-state index in [0.29, 0.717) is 27.8 Å². The van der Waals surface area contributed by atoms with Crippen molar-refractivity contribution in [2.24, 2.45) is 0 Å². The molecule has 3 heterocycles. The van der Waals surface area contributed by atoms with Crippen LogP contribution in [-0.4, -0.2) is 32.6 Å². The summed E-state index contributed by atoms with van der Waals surface area (Å²) in [5.74, 6) is -0.472. The maximum atomic E-state index is 13.4. The van der Waals surface area contributed by atoms with Crippen molar-refractivity contribution < 1.29 is 9.59 Å². The van der Waals surface area contributed by atoms with Crippen LogP contribution < -0.4 is 10.6 Å². The Balaban J connectivity index is 1.55. The molecule has 162 valence electrons. The molecule has 0 atom stereocenters. The van der Waals surface area contributed by atoms with Crippen molar-refractivity contribution in [1.29, 1.82) is 0 Å². The molecule has 4 aromatic rings. The van der Waals surface area contributed by atoms with Crippen molar-refractivity contribution in [2.45, 2.75) is 38.8 Å². The first kappa shape index (κ1) is 20.4. The lowest BCUT2D eigenvalue weighted by atomic mass is 10.1. The minimum Gasteiger partial charge on any atom is -0.349 e. The highest BCUT2D eigenvalue weighted by Gasteiger charge is 2.25. The topological polar surface area (TPSA) is 88.9 Å². The third-order valence-electron chi connectivity index (χ3n) is 5.41. The zero-order chi connectivity index (χ0) is 22.2. The van der Waals surface area contributed by atoms with Gasteiger partial charge in [-0.3, -0.25) is 9.59 Å². The second kappa shape index (κ2) is 8.20. The highest BCUT2D eigenvalue weighted by molar-refractivity contribution is 7.13. The third kappa shape index (κ3) is 3.89. The molecule has 3 aromatic heterocycles. The van der Waals surface area contributed by atoms with Crippen molar-refractivity contribution in [3.8, 4) is 10.6 Å². The van der Waals surface area contributed by atoms with Crippen molar-refractivity contribution in [2.75, 3.05) is 5.32 Å². The second-order valence-electron chi connectivity index (χ2n) is 8.20. The van der Waals surface area contributed by atoms with Crippen molar-refractivity contribution >= 4 is 39.9 Å². The summed E-state index contributed by atoms with van der Waals surface area (Å²) in [6.45, 7) is 4.06. The van der Waals surface area contributed by atoms with Gasteiger partial charge in [-0.2, -0.15) is 5.10 Å². The van der Waals surface area contributed by atoms with Crippen LogP contribution in [0.1, 0.15) is 53.4 Å². The van der Waals surface area contributed by atoms with Gasteiger partial charge in [0.15, 0.2) is 5.65 Å². The van der Waals surface area contributed by atoms with E-state index in [1.807, 2.05) is 36.0 Å². The summed E-state index contributed by atoms with van der Waals surface area (Å²) in [5.41, 5.74) is 2.79. The Kier molecular flexibility index (Phi) is 5.22. The molecule has 0 spiro atoms. The Morgan fingerprint density at radius 2 is 1.91 bits per heavy atom. The molecule has 1 aliphatic rings. The van der Waals surface area contributed by atoms with E-state index in [2.05, 4.69) is 15.7 Å². The van der Waals surface area contributed by atoms with Gasteiger partial charge in [-0.05, 0) is 56.3 Å². The first-order chi connectivity index (χ1) is 15.5. The fourth-order valence-electron chi connectivity index (χ4n) is 3.60. The van der Waals surface area contributed by atoms with Crippen LogP contribution in [0.5, 0.6) is 0 Å². The molecular formula is C24H23N5O2S. The molecule has 7 nitrogen and oxygen atoms in total. The first-order valence-electron chi connectivity index (χ1n) is 10.6. The Bertz CT molecular complexity index is 1310. The summed E-state index contributed by atoms with van der Waals surface area (Å²) in [6.07, 6.45) is 3.68. The Hall–Kier alpha value is -3.52. The van der Waals surface area contributed by atoms with Crippen LogP contribution in [-0.2, 0) is 0 Å². The number of para-hydroxylation sites is 1. The van der Waals surface area contributed by atoms with Crippen LogP contribution in [0.3, 0.4) is 0 Å². The van der Waals surface area contributed by atoms with Gasteiger partial charge < -0.3 is 10.6 Å². The van der Waals surface area contributed by atoms with E-state index in [1.54, 1.807) is 47.9 Å². The average Bonchev–Trinajstić information content (AvgIpc) is 3.26. The summed E-state index contributed by atoms with van der Waals surface area (Å²) in [6, 6.07) is 13.1. The van der Waals surface area contributed by atoms with Gasteiger partial charge in [0, 0.05) is 12.1 Å². The number of aromatic nitrogens is 3. The zero-order valence-corrected chi connectivity index (χ0v) is 18.6. The Labute approximate surface area is 189 Å². The van der Waals surface area contributed by atoms with Gasteiger partial charge in [-0.15, -0.1) is 11.3 Å². The van der Waals surface area contributed by atoms with Gasteiger partial charge in [-0.1, -0.05) is 18.2 Å². The van der Waals surface area contributed by atoms with Crippen molar-refractivity contribution in [3.05, 3.63) is 65.2 Å². The lowest BCUT2D eigenvalue weighted by Crippen LogP contribution is -2.27. The van der Waals surface area contributed by atoms with Crippen LogP contribution in [0.4, 0.5) is 5.69 Å². The summed E-state index contributed by atoms with van der Waals surface area (Å²) in [5, 5.41) is 13.1. The standard InChI is InChI=1S/C24H23N5O2S/c1-14(2)29-22-18(13-25-29)17(12-20(27-22)21-8-5-11-32-21)24(31)28-19-7-4-3-6-16(19)23(30)26-15-9-10-15/h3-8,11-15H,9-10H2,1-2H3,(H,26,30)(H,28,31). The molecule has 5 rings (SSSR count). The van der Waals surface area contributed by atoms with Gasteiger partial charge in [0.25, 0.3) is 11.8 Å². The molecule has 1 aromatic carbocycles. The third-order valence-corrected chi connectivity index (χ3v) is 6.30. The summed E-state index contributed by atoms with van der Waals surface area (Å²) in [7, 11) is 0. The molecule has 2 N–H and O–H groups in total. The molecule has 0 aliphatic heterocycles. The number of benzene rings is 1. The molecule has 1 aliphatic carbocycles. The predicted octanol–water partition coefficient (Wildman–Crippen LogP) is 4.89. The number of carbonyl (C=O) groups excluding carboxylic acids is 2. The number of rotatable bonds is 6. The van der Waals surface area contributed by atoms with E-state index in [0.717, 1.165) is 23.4 Å². The van der Waals surface area contributed by atoms with Gasteiger partial charge in [-0.25, -0.2) is 9.67 Å². The minimum atomic E-state index is -0.301. The number of hydrogen-bond acceptors (Lipinski definition) is 5. The molecule has 0 radical (unpaired) electrons. The molecular weight excluding hydrogens is 422 g/mol. The highest BCUT2D eigenvalue weighted by atomic mass is 32.1. The normalized spacial score (nSPS) is 13.5. The molecule has 2 amide bonds. The predicted molar refractivity (Wildman–Crippen MR) is 126 cm³/mol. The fraction of sp³-hybridized carbons (Fsp3) is 0.250. The zero-order valence-electron chi connectivity index (χ0n) is 17.8. The smallest absolute Gasteiger partial charge is 0.256 e. The molecule has 1 fully saturated rings. The lowest BCUT2D eigenvalue weighted by Gasteiger charge is -2.13. The number of nitrogens with one attached hydrogen (secondary N) is 2. The fourth-order valence-corrected chi connectivity index (χ4v) is 4.29. The largest absolute Gasteiger partial charge is 0.349 e. The minimum absolute atomic E-state index is 0.0985. The Morgan fingerprint density at radius 3 is 2.62 bits per heavy atom. The maximum absolute atomic E-state index is 13.4. The molecule has 1 saturated carbocycles. The van der Waals surface area contributed by atoms with E-state index in [4.69, 9.17) is 4.98 Å². The van der Waals surface area contributed by atoms with Crippen molar-refractivity contribution in [3.63, 3.8) is 0 Å². The highest BCUT2D eigenvalue weighted by Crippen LogP contribution is 2.30. The van der Waals surface area contributed by atoms with Crippen LogP contribution in [0.15, 0.2) is 54.0 Å². The first-order valence-corrected chi connectivity index (χ1v) is 11.5. The number of nitrogens with zero attached hydrogens (tertiary/aromatic N) is 3. The second-order valence-corrected chi connectivity index (χ2v) is 9.15. The quantitative estimate of drug-likeness (QED) is 0.442. The summed E-state index contributed by atoms with van der Waals surface area (Å²) >= 11 is 1.57. The number of fused-ring (bicyclic) bond motifs is 1. The molecule has 0 saturated heterocycles. The lowest BCUT2D eigenvalue weighted by molar-refractivity contribution is 0.0952. The number of thiophene rings is 1. The summed E-state index contributed by atoms with van der Waals surface area (Å²) in [4.78, 5) is 31.9. The van der Waals surface area contributed by atoms with Gasteiger partial charge >= 0.3 is 0 Å². The Morgan fingerprint density at radius 1 is 1.09 bits per heavy atom. The number of hydrogen-bond donors (Lipinski definition) is 2. The number of anilines is 1. The van der Waals surface area contributed by atoms with E-state index in [-0.39, 0.29) is 23.9 Å². The monoisotopic (exact) mass is 445 g/mol. The molecule has 32 heavy (non-hydrogen) atoms. The van der Waals surface area contributed by atoms with Crippen LogP contribution in [0.2, 0.25) is 0 Å². The molecule has 8 heteroatoms.